The Balaban J connectivity index is 2.11. The number of thiophene rings is 1. The number of aryl methyl sites for hydroxylation is 1. The number of anilines is 1. The van der Waals surface area contributed by atoms with Crippen molar-refractivity contribution < 1.29 is 4.79 Å². The van der Waals surface area contributed by atoms with Crippen LogP contribution in [-0.4, -0.2) is 12.5 Å². The number of nitrogen functional groups attached to an aromatic ring is 1. The minimum Gasteiger partial charge on any atom is -0.397 e. The van der Waals surface area contributed by atoms with Gasteiger partial charge in [0.2, 0.25) is 0 Å². The van der Waals surface area contributed by atoms with Gasteiger partial charge in [0.1, 0.15) is 4.88 Å². The van der Waals surface area contributed by atoms with Gasteiger partial charge in [-0.15, -0.1) is 11.3 Å². The van der Waals surface area contributed by atoms with E-state index in [-0.39, 0.29) is 5.91 Å². The molecular formula is C16H22N2OS. The SMILES string of the molecule is Cc1cccc2c(N)c(C(=O)NCCCC(C)C)sc12. The summed E-state index contributed by atoms with van der Waals surface area (Å²) in [5.74, 6) is 0.621. The predicted octanol–water partition coefficient (Wildman–Crippen LogP) is 3.96. The monoisotopic (exact) mass is 290 g/mol. The maximum Gasteiger partial charge on any atom is 0.263 e. The quantitative estimate of drug-likeness (QED) is 0.819. The number of benzene rings is 1. The van der Waals surface area contributed by atoms with Crippen LogP contribution in [0.3, 0.4) is 0 Å². The van der Waals surface area contributed by atoms with E-state index in [1.807, 2.05) is 25.1 Å². The van der Waals surface area contributed by atoms with Gasteiger partial charge >= 0.3 is 0 Å². The second-order valence-electron chi connectivity index (χ2n) is 5.59. The van der Waals surface area contributed by atoms with Crippen LogP contribution in [0.25, 0.3) is 10.1 Å². The Bertz CT molecular complexity index is 616. The molecule has 0 bridgehead atoms. The van der Waals surface area contributed by atoms with E-state index in [1.54, 1.807) is 0 Å². The number of nitrogens with two attached hydrogens (primary N) is 1. The number of hydrogen-bond donors (Lipinski definition) is 2. The van der Waals surface area contributed by atoms with Crippen molar-refractivity contribution in [2.24, 2.45) is 5.92 Å². The largest absolute Gasteiger partial charge is 0.397 e. The van der Waals surface area contributed by atoms with E-state index in [1.165, 1.54) is 11.3 Å². The lowest BCUT2D eigenvalue weighted by atomic mass is 10.1. The topological polar surface area (TPSA) is 55.1 Å². The van der Waals surface area contributed by atoms with E-state index >= 15 is 0 Å². The summed E-state index contributed by atoms with van der Waals surface area (Å²) < 4.78 is 1.11. The summed E-state index contributed by atoms with van der Waals surface area (Å²) in [4.78, 5) is 12.8. The van der Waals surface area contributed by atoms with Crippen LogP contribution in [0.5, 0.6) is 0 Å². The summed E-state index contributed by atoms with van der Waals surface area (Å²) in [5.41, 5.74) is 7.88. The fourth-order valence-electron chi connectivity index (χ4n) is 2.24. The zero-order chi connectivity index (χ0) is 14.7. The minimum atomic E-state index is -0.0492. The van der Waals surface area contributed by atoms with Crippen LogP contribution < -0.4 is 11.1 Å². The molecule has 1 aromatic heterocycles. The van der Waals surface area contributed by atoms with Crippen LogP contribution in [0, 0.1) is 12.8 Å². The molecule has 0 aliphatic rings. The molecule has 2 aromatic rings. The van der Waals surface area contributed by atoms with E-state index in [0.717, 1.165) is 28.5 Å². The van der Waals surface area contributed by atoms with E-state index in [0.29, 0.717) is 23.0 Å². The number of rotatable bonds is 5. The lowest BCUT2D eigenvalue weighted by molar-refractivity contribution is 0.0957. The Hall–Kier alpha value is -1.55. The molecule has 4 heteroatoms. The standard InChI is InChI=1S/C16H22N2OS/c1-10(2)6-5-9-18-16(19)15-13(17)12-8-4-7-11(3)14(12)20-15/h4,7-8,10H,5-6,9,17H2,1-3H3,(H,18,19). The summed E-state index contributed by atoms with van der Waals surface area (Å²) in [6, 6.07) is 6.00. The first kappa shape index (κ1) is 14.9. The molecule has 2 rings (SSSR count). The number of amides is 1. The fourth-order valence-corrected chi connectivity index (χ4v) is 3.35. The molecule has 0 saturated carbocycles. The first-order chi connectivity index (χ1) is 9.50. The average molecular weight is 290 g/mol. The lowest BCUT2D eigenvalue weighted by Crippen LogP contribution is -2.24. The van der Waals surface area contributed by atoms with Crippen molar-refractivity contribution in [3.05, 3.63) is 28.6 Å². The molecular weight excluding hydrogens is 268 g/mol. The van der Waals surface area contributed by atoms with Gasteiger partial charge in [0.05, 0.1) is 5.69 Å². The van der Waals surface area contributed by atoms with Crippen molar-refractivity contribution in [2.45, 2.75) is 33.6 Å². The zero-order valence-corrected chi connectivity index (χ0v) is 13.1. The van der Waals surface area contributed by atoms with Crippen molar-refractivity contribution in [3.8, 4) is 0 Å². The maximum atomic E-state index is 12.2. The summed E-state index contributed by atoms with van der Waals surface area (Å²) in [5, 5.41) is 3.96. The Morgan fingerprint density at radius 2 is 2.15 bits per heavy atom. The van der Waals surface area contributed by atoms with Crippen molar-refractivity contribution in [1.29, 1.82) is 0 Å². The highest BCUT2D eigenvalue weighted by Crippen LogP contribution is 2.35. The normalized spacial score (nSPS) is 11.2. The number of fused-ring (bicyclic) bond motifs is 1. The molecule has 0 spiro atoms. The number of nitrogens with one attached hydrogen (secondary N) is 1. The molecule has 1 heterocycles. The van der Waals surface area contributed by atoms with Gasteiger partial charge in [0, 0.05) is 16.6 Å². The first-order valence-corrected chi connectivity index (χ1v) is 7.88. The van der Waals surface area contributed by atoms with Crippen molar-refractivity contribution in [1.82, 2.24) is 5.32 Å². The molecule has 0 saturated heterocycles. The van der Waals surface area contributed by atoms with Crippen molar-refractivity contribution >= 4 is 33.0 Å². The van der Waals surface area contributed by atoms with Gasteiger partial charge in [-0.25, -0.2) is 0 Å². The molecule has 0 unspecified atom stereocenters. The Labute approximate surface area is 124 Å². The third-order valence-electron chi connectivity index (χ3n) is 3.40. The van der Waals surface area contributed by atoms with Crippen LogP contribution >= 0.6 is 11.3 Å². The molecule has 0 aliphatic carbocycles. The van der Waals surface area contributed by atoms with E-state index in [2.05, 4.69) is 19.2 Å². The molecule has 0 atom stereocenters. The van der Waals surface area contributed by atoms with Gasteiger partial charge in [-0.3, -0.25) is 4.79 Å². The van der Waals surface area contributed by atoms with Crippen LogP contribution in [-0.2, 0) is 0 Å². The third kappa shape index (κ3) is 3.12. The molecule has 0 aliphatic heterocycles. The number of hydrogen-bond acceptors (Lipinski definition) is 3. The molecule has 3 N–H and O–H groups in total. The van der Waals surface area contributed by atoms with Crippen LogP contribution in [0.4, 0.5) is 5.69 Å². The molecule has 1 aromatic carbocycles. The highest BCUT2D eigenvalue weighted by Gasteiger charge is 2.16. The van der Waals surface area contributed by atoms with E-state index in [4.69, 9.17) is 5.73 Å². The second kappa shape index (κ2) is 6.27. The highest BCUT2D eigenvalue weighted by molar-refractivity contribution is 7.21. The number of carbonyl (C=O) groups excluding carboxylic acids is 1. The fraction of sp³-hybridized carbons (Fsp3) is 0.438. The van der Waals surface area contributed by atoms with Gasteiger partial charge in [0.15, 0.2) is 0 Å². The predicted molar refractivity (Wildman–Crippen MR) is 87.4 cm³/mol. The van der Waals surface area contributed by atoms with E-state index < -0.39 is 0 Å². The van der Waals surface area contributed by atoms with Gasteiger partial charge in [-0.1, -0.05) is 32.0 Å². The smallest absolute Gasteiger partial charge is 0.263 e. The van der Waals surface area contributed by atoms with Gasteiger partial charge < -0.3 is 11.1 Å². The average Bonchev–Trinajstić information content (AvgIpc) is 2.74. The third-order valence-corrected chi connectivity index (χ3v) is 4.76. The molecule has 0 radical (unpaired) electrons. The Morgan fingerprint density at radius 1 is 1.40 bits per heavy atom. The van der Waals surface area contributed by atoms with Crippen molar-refractivity contribution in [3.63, 3.8) is 0 Å². The van der Waals surface area contributed by atoms with Gasteiger partial charge in [-0.2, -0.15) is 0 Å². The summed E-state index contributed by atoms with van der Waals surface area (Å²) in [6.45, 7) is 7.13. The first-order valence-electron chi connectivity index (χ1n) is 7.06. The molecule has 20 heavy (non-hydrogen) atoms. The summed E-state index contributed by atoms with van der Waals surface area (Å²) in [6.07, 6.45) is 2.13. The molecule has 108 valence electrons. The Morgan fingerprint density at radius 3 is 2.80 bits per heavy atom. The van der Waals surface area contributed by atoms with Crippen molar-refractivity contribution in [2.75, 3.05) is 12.3 Å². The van der Waals surface area contributed by atoms with Gasteiger partial charge in [0.25, 0.3) is 5.91 Å². The lowest BCUT2D eigenvalue weighted by Gasteiger charge is -2.06. The van der Waals surface area contributed by atoms with Crippen LogP contribution in [0.15, 0.2) is 18.2 Å². The highest BCUT2D eigenvalue weighted by atomic mass is 32.1. The van der Waals surface area contributed by atoms with Gasteiger partial charge in [-0.05, 0) is 31.2 Å². The summed E-state index contributed by atoms with van der Waals surface area (Å²) >= 11 is 1.49. The maximum absolute atomic E-state index is 12.2. The zero-order valence-electron chi connectivity index (χ0n) is 12.3. The second-order valence-corrected chi connectivity index (χ2v) is 6.61. The number of carbonyl (C=O) groups is 1. The Kier molecular flexibility index (Phi) is 4.65. The molecule has 1 amide bonds. The molecule has 3 nitrogen and oxygen atoms in total. The van der Waals surface area contributed by atoms with E-state index in [9.17, 15) is 4.79 Å². The van der Waals surface area contributed by atoms with Crippen LogP contribution in [0.1, 0.15) is 41.9 Å². The van der Waals surface area contributed by atoms with Crippen LogP contribution in [0.2, 0.25) is 0 Å². The minimum absolute atomic E-state index is 0.0492. The molecule has 0 fully saturated rings. The summed E-state index contributed by atoms with van der Waals surface area (Å²) in [7, 11) is 0.